The zero-order valence-electron chi connectivity index (χ0n) is 22.9. The van der Waals surface area contributed by atoms with Crippen molar-refractivity contribution >= 4 is 16.9 Å². The van der Waals surface area contributed by atoms with E-state index >= 15 is 0 Å². The number of rotatable bonds is 12. The lowest BCUT2D eigenvalue weighted by molar-refractivity contribution is -0.121. The first kappa shape index (κ1) is 27.0. The van der Waals surface area contributed by atoms with Gasteiger partial charge in [-0.2, -0.15) is 0 Å². The van der Waals surface area contributed by atoms with Crippen LogP contribution in [0.4, 0.5) is 0 Å². The highest BCUT2D eigenvalue weighted by atomic mass is 16.5. The summed E-state index contributed by atoms with van der Waals surface area (Å²) < 4.78 is 19.0. The van der Waals surface area contributed by atoms with Crippen molar-refractivity contribution in [2.75, 3.05) is 20.8 Å². The van der Waals surface area contributed by atoms with Gasteiger partial charge in [-0.05, 0) is 60.7 Å². The van der Waals surface area contributed by atoms with Crippen molar-refractivity contribution in [3.63, 3.8) is 0 Å². The fraction of sp³-hybridized carbons (Fsp3) is 0.355. The highest BCUT2D eigenvalue weighted by Crippen LogP contribution is 2.28. The van der Waals surface area contributed by atoms with Gasteiger partial charge in [-0.1, -0.05) is 50.2 Å². The number of methoxy groups -OCH3 is 2. The third kappa shape index (κ3) is 6.28. The van der Waals surface area contributed by atoms with E-state index in [0.717, 1.165) is 41.1 Å². The second-order valence-corrected chi connectivity index (χ2v) is 9.66. The molecule has 0 bridgehead atoms. The predicted octanol–water partition coefficient (Wildman–Crippen LogP) is 6.07. The Labute approximate surface area is 224 Å². The number of carbonyl (C=O) groups excluding carboxylic acids is 1. The molecule has 0 saturated carbocycles. The molecule has 3 aromatic carbocycles. The lowest BCUT2D eigenvalue weighted by Crippen LogP contribution is -2.30. The number of nitrogens with one attached hydrogen (secondary N) is 1. The van der Waals surface area contributed by atoms with E-state index in [-0.39, 0.29) is 18.4 Å². The fourth-order valence-corrected chi connectivity index (χ4v) is 4.69. The number of benzene rings is 3. The van der Waals surface area contributed by atoms with Crippen LogP contribution in [0.2, 0.25) is 0 Å². The maximum Gasteiger partial charge on any atom is 0.224 e. The van der Waals surface area contributed by atoms with Gasteiger partial charge in [0.1, 0.15) is 11.6 Å². The zero-order chi connectivity index (χ0) is 27.1. The number of fused-ring (bicyclic) bond motifs is 1. The minimum absolute atomic E-state index is 0.0862. The molecule has 1 atom stereocenters. The van der Waals surface area contributed by atoms with Crippen LogP contribution in [0.1, 0.15) is 56.1 Å². The molecule has 0 aliphatic rings. The first-order valence-electron chi connectivity index (χ1n) is 13.1. The normalized spacial score (nSPS) is 11.9. The summed E-state index contributed by atoms with van der Waals surface area (Å²) in [6.07, 6.45) is 1.04. The maximum absolute atomic E-state index is 12.9. The lowest BCUT2D eigenvalue weighted by atomic mass is 10.0. The van der Waals surface area contributed by atoms with Crippen LogP contribution in [0.3, 0.4) is 0 Å². The largest absolute Gasteiger partial charge is 0.493 e. The van der Waals surface area contributed by atoms with Gasteiger partial charge in [0.25, 0.3) is 0 Å². The SMILES string of the molecule is COc1ccc(CC(=O)NC(C)c2nc3ccccc3n2CCCOc2ccccc2C(C)C)cc1OC. The molecule has 0 fully saturated rings. The number of amides is 1. The number of aryl methyl sites for hydroxylation is 1. The predicted molar refractivity (Wildman–Crippen MR) is 150 cm³/mol. The van der Waals surface area contributed by atoms with Gasteiger partial charge in [0.15, 0.2) is 11.5 Å². The van der Waals surface area contributed by atoms with Gasteiger partial charge in [-0.3, -0.25) is 4.79 Å². The van der Waals surface area contributed by atoms with Crippen molar-refractivity contribution in [2.45, 2.75) is 52.1 Å². The summed E-state index contributed by atoms with van der Waals surface area (Å²) in [4.78, 5) is 17.8. The Kier molecular flexibility index (Phi) is 8.89. The van der Waals surface area contributed by atoms with E-state index in [9.17, 15) is 4.79 Å². The van der Waals surface area contributed by atoms with Crippen LogP contribution in [0.5, 0.6) is 17.2 Å². The van der Waals surface area contributed by atoms with Crippen molar-refractivity contribution in [2.24, 2.45) is 0 Å². The van der Waals surface area contributed by atoms with Crippen LogP contribution in [-0.4, -0.2) is 36.3 Å². The Bertz CT molecular complexity index is 1380. The number of imidazole rings is 1. The first-order valence-corrected chi connectivity index (χ1v) is 13.1. The van der Waals surface area contributed by atoms with E-state index in [4.69, 9.17) is 19.2 Å². The molecule has 1 N–H and O–H groups in total. The topological polar surface area (TPSA) is 74.6 Å². The van der Waals surface area contributed by atoms with Crippen LogP contribution in [0.25, 0.3) is 11.0 Å². The molecular formula is C31H37N3O4. The standard InChI is InChI=1S/C31H37N3O4/c1-21(2)24-11-6-9-14-27(24)38-18-10-17-34-26-13-8-7-12-25(26)33-31(34)22(3)32-30(35)20-23-15-16-28(36-4)29(19-23)37-5/h6-9,11-16,19,21-22H,10,17-18,20H2,1-5H3,(H,32,35). The second-order valence-electron chi connectivity index (χ2n) is 9.66. The number of hydrogen-bond donors (Lipinski definition) is 1. The van der Waals surface area contributed by atoms with Crippen molar-refractivity contribution in [3.8, 4) is 17.2 Å². The molecule has 7 heteroatoms. The molecule has 200 valence electrons. The molecule has 0 aliphatic carbocycles. The van der Waals surface area contributed by atoms with Crippen molar-refractivity contribution < 1.29 is 19.0 Å². The quantitative estimate of drug-likeness (QED) is 0.232. The van der Waals surface area contributed by atoms with Crippen LogP contribution in [0, 0.1) is 0 Å². The van der Waals surface area contributed by atoms with E-state index in [1.807, 2.05) is 61.5 Å². The summed E-state index contributed by atoms with van der Waals surface area (Å²) >= 11 is 0. The monoisotopic (exact) mass is 515 g/mol. The van der Waals surface area contributed by atoms with Crippen LogP contribution in [0.15, 0.2) is 66.7 Å². The molecule has 1 unspecified atom stereocenters. The molecule has 0 radical (unpaired) electrons. The number of ether oxygens (including phenoxy) is 3. The summed E-state index contributed by atoms with van der Waals surface area (Å²) in [6.45, 7) is 7.64. The molecule has 0 spiro atoms. The summed E-state index contributed by atoms with van der Waals surface area (Å²) in [6, 6.07) is 21.5. The summed E-state index contributed by atoms with van der Waals surface area (Å²) in [7, 11) is 3.18. The average Bonchev–Trinajstić information content (AvgIpc) is 3.29. The number of nitrogens with zero attached hydrogens (tertiary/aromatic N) is 2. The van der Waals surface area contributed by atoms with Crippen LogP contribution in [-0.2, 0) is 17.8 Å². The van der Waals surface area contributed by atoms with Gasteiger partial charge >= 0.3 is 0 Å². The molecule has 0 saturated heterocycles. The molecule has 7 nitrogen and oxygen atoms in total. The average molecular weight is 516 g/mol. The van der Waals surface area contributed by atoms with Crippen molar-refractivity contribution in [3.05, 3.63) is 83.7 Å². The number of carbonyl (C=O) groups is 1. The minimum atomic E-state index is -0.266. The molecule has 0 aliphatic heterocycles. The van der Waals surface area contributed by atoms with Crippen molar-refractivity contribution in [1.82, 2.24) is 14.9 Å². The first-order chi connectivity index (χ1) is 18.4. The Morgan fingerprint density at radius 3 is 2.42 bits per heavy atom. The van der Waals surface area contributed by atoms with Crippen molar-refractivity contribution in [1.29, 1.82) is 0 Å². The van der Waals surface area contributed by atoms with E-state index < -0.39 is 0 Å². The molecular weight excluding hydrogens is 478 g/mol. The van der Waals surface area contributed by atoms with E-state index in [0.29, 0.717) is 24.0 Å². The molecule has 38 heavy (non-hydrogen) atoms. The number of hydrogen-bond acceptors (Lipinski definition) is 5. The minimum Gasteiger partial charge on any atom is -0.493 e. The molecule has 4 rings (SSSR count). The van der Waals surface area contributed by atoms with E-state index in [1.54, 1.807) is 14.2 Å². The van der Waals surface area contributed by atoms with Crippen LogP contribution >= 0.6 is 0 Å². The van der Waals surface area contributed by atoms with Crippen LogP contribution < -0.4 is 19.5 Å². The van der Waals surface area contributed by atoms with E-state index in [2.05, 4.69) is 35.9 Å². The highest BCUT2D eigenvalue weighted by molar-refractivity contribution is 5.80. The van der Waals surface area contributed by atoms with Gasteiger partial charge in [0.2, 0.25) is 5.91 Å². The molecule has 1 aromatic heterocycles. The lowest BCUT2D eigenvalue weighted by Gasteiger charge is -2.17. The van der Waals surface area contributed by atoms with Gasteiger partial charge in [-0.15, -0.1) is 0 Å². The number of aromatic nitrogens is 2. The third-order valence-corrected chi connectivity index (χ3v) is 6.59. The Hall–Kier alpha value is -4.00. The Morgan fingerprint density at radius 2 is 1.66 bits per heavy atom. The second kappa shape index (κ2) is 12.5. The van der Waals surface area contributed by atoms with Gasteiger partial charge < -0.3 is 24.1 Å². The summed E-state index contributed by atoms with van der Waals surface area (Å²) in [5.74, 6) is 3.32. The Morgan fingerprint density at radius 1 is 0.921 bits per heavy atom. The fourth-order valence-electron chi connectivity index (χ4n) is 4.69. The van der Waals surface area contributed by atoms with Gasteiger partial charge in [0, 0.05) is 6.54 Å². The zero-order valence-corrected chi connectivity index (χ0v) is 22.9. The molecule has 1 amide bonds. The maximum atomic E-state index is 12.9. The molecule has 4 aromatic rings. The Balaban J connectivity index is 1.44. The third-order valence-electron chi connectivity index (χ3n) is 6.59. The van der Waals surface area contributed by atoms with E-state index in [1.165, 1.54) is 5.56 Å². The molecule has 1 heterocycles. The smallest absolute Gasteiger partial charge is 0.224 e. The number of para-hydroxylation sites is 3. The highest BCUT2D eigenvalue weighted by Gasteiger charge is 2.19. The summed E-state index contributed by atoms with van der Waals surface area (Å²) in [5, 5.41) is 3.12. The summed E-state index contributed by atoms with van der Waals surface area (Å²) in [5.41, 5.74) is 4.02. The van der Waals surface area contributed by atoms with Gasteiger partial charge in [0.05, 0.1) is 44.3 Å². The van der Waals surface area contributed by atoms with Gasteiger partial charge in [-0.25, -0.2) is 4.98 Å².